The van der Waals surface area contributed by atoms with Crippen molar-refractivity contribution in [1.82, 2.24) is 10.3 Å². The number of carbonyl (C=O) groups excluding carboxylic acids is 2. The number of rotatable bonds is 4. The molecule has 2 aromatic rings. The average molecular weight is 271 g/mol. The lowest BCUT2D eigenvalue weighted by Gasteiger charge is -2.22. The molecule has 1 heterocycles. The third-order valence-corrected chi connectivity index (χ3v) is 2.99. The summed E-state index contributed by atoms with van der Waals surface area (Å²) in [5.74, 6) is -0.182. The van der Waals surface area contributed by atoms with Gasteiger partial charge in [-0.25, -0.2) is 0 Å². The highest BCUT2D eigenvalue weighted by molar-refractivity contribution is 6.01. The lowest BCUT2D eigenvalue weighted by molar-refractivity contribution is -0.119. The number of carbonyl (C=O) groups is 2. The molecule has 0 atom stereocenters. The van der Waals surface area contributed by atoms with Crippen LogP contribution in [0.5, 0.6) is 0 Å². The van der Waals surface area contributed by atoms with Gasteiger partial charge in [-0.15, -0.1) is 0 Å². The molecule has 0 saturated carbocycles. The van der Waals surface area contributed by atoms with E-state index in [0.29, 0.717) is 13.1 Å². The summed E-state index contributed by atoms with van der Waals surface area (Å²) in [6.45, 7) is 3.80. The maximum atomic E-state index is 11.8. The Morgan fingerprint density at radius 2 is 1.95 bits per heavy atom. The Hall–Kier alpha value is -2.43. The van der Waals surface area contributed by atoms with Gasteiger partial charge in [0.2, 0.25) is 11.8 Å². The number of aromatic nitrogens is 1. The van der Waals surface area contributed by atoms with Crippen molar-refractivity contribution in [3.63, 3.8) is 0 Å². The number of pyridine rings is 1. The fraction of sp³-hybridized carbons (Fsp3) is 0.267. The highest BCUT2D eigenvalue weighted by Crippen LogP contribution is 2.24. The van der Waals surface area contributed by atoms with Gasteiger partial charge in [0.05, 0.1) is 11.2 Å². The van der Waals surface area contributed by atoms with Crippen LogP contribution >= 0.6 is 0 Å². The Bertz CT molecular complexity index is 635. The second kappa shape index (κ2) is 6.14. The molecule has 0 bridgehead atoms. The largest absolute Gasteiger partial charge is 0.355 e. The Labute approximate surface area is 117 Å². The summed E-state index contributed by atoms with van der Waals surface area (Å²) in [7, 11) is 0. The number of hydrogen-bond acceptors (Lipinski definition) is 3. The van der Waals surface area contributed by atoms with Crippen molar-refractivity contribution in [2.75, 3.05) is 18.0 Å². The summed E-state index contributed by atoms with van der Waals surface area (Å²) in [5.41, 5.74) is 1.55. The number of para-hydroxylation sites is 1. The van der Waals surface area contributed by atoms with Crippen LogP contribution in [-0.4, -0.2) is 29.9 Å². The molecule has 5 nitrogen and oxygen atoms in total. The normalized spacial score (nSPS) is 10.3. The standard InChI is InChI=1S/C15H17N3O2/c1-11(19)16-9-10-18(12(2)20)14-7-3-5-13-6-4-8-17-15(13)14/h3-8H,9-10H2,1-2H3,(H,16,19). The monoisotopic (exact) mass is 271 g/mol. The number of benzene rings is 1. The predicted octanol–water partition coefficient (Wildman–Crippen LogP) is 1.72. The smallest absolute Gasteiger partial charge is 0.223 e. The maximum Gasteiger partial charge on any atom is 0.223 e. The first-order valence-corrected chi connectivity index (χ1v) is 6.46. The van der Waals surface area contributed by atoms with E-state index in [9.17, 15) is 9.59 Å². The molecule has 1 N–H and O–H groups in total. The van der Waals surface area contributed by atoms with Crippen molar-refractivity contribution >= 4 is 28.4 Å². The Balaban J connectivity index is 2.32. The van der Waals surface area contributed by atoms with E-state index in [-0.39, 0.29) is 11.8 Å². The summed E-state index contributed by atoms with van der Waals surface area (Å²) >= 11 is 0. The van der Waals surface area contributed by atoms with Gasteiger partial charge >= 0.3 is 0 Å². The molecule has 0 spiro atoms. The SMILES string of the molecule is CC(=O)NCCN(C(C)=O)c1cccc2cccnc12. The van der Waals surface area contributed by atoms with Gasteiger partial charge in [-0.3, -0.25) is 14.6 Å². The van der Waals surface area contributed by atoms with Gasteiger partial charge in [-0.1, -0.05) is 18.2 Å². The second-order valence-corrected chi connectivity index (χ2v) is 4.51. The van der Waals surface area contributed by atoms with Crippen LogP contribution in [0, 0.1) is 0 Å². The van der Waals surface area contributed by atoms with E-state index in [1.165, 1.54) is 13.8 Å². The summed E-state index contributed by atoms with van der Waals surface area (Å²) in [5, 5.41) is 3.68. The summed E-state index contributed by atoms with van der Waals surface area (Å²) in [4.78, 5) is 28.7. The van der Waals surface area contributed by atoms with Crippen LogP contribution in [0.1, 0.15) is 13.8 Å². The van der Waals surface area contributed by atoms with Crippen LogP contribution in [-0.2, 0) is 9.59 Å². The van der Waals surface area contributed by atoms with Crippen molar-refractivity contribution in [3.8, 4) is 0 Å². The molecule has 0 fully saturated rings. The first kappa shape index (κ1) is 14.0. The quantitative estimate of drug-likeness (QED) is 0.921. The van der Waals surface area contributed by atoms with E-state index >= 15 is 0 Å². The maximum absolute atomic E-state index is 11.8. The molecule has 0 aliphatic rings. The van der Waals surface area contributed by atoms with Crippen LogP contribution < -0.4 is 10.2 Å². The van der Waals surface area contributed by atoms with Gasteiger partial charge in [0.15, 0.2) is 0 Å². The predicted molar refractivity (Wildman–Crippen MR) is 78.5 cm³/mol. The van der Waals surface area contributed by atoms with E-state index in [4.69, 9.17) is 0 Å². The van der Waals surface area contributed by atoms with Crippen LogP contribution in [0.4, 0.5) is 5.69 Å². The third kappa shape index (κ3) is 3.12. The molecule has 104 valence electrons. The lowest BCUT2D eigenvalue weighted by atomic mass is 10.1. The number of hydrogen-bond donors (Lipinski definition) is 1. The molecule has 2 amide bonds. The Morgan fingerprint density at radius 3 is 2.65 bits per heavy atom. The molecule has 0 radical (unpaired) electrons. The zero-order valence-corrected chi connectivity index (χ0v) is 11.6. The molecule has 0 unspecified atom stereocenters. The van der Waals surface area contributed by atoms with Crippen molar-refractivity contribution in [3.05, 3.63) is 36.5 Å². The van der Waals surface area contributed by atoms with Crippen LogP contribution in [0.25, 0.3) is 10.9 Å². The Morgan fingerprint density at radius 1 is 1.20 bits per heavy atom. The van der Waals surface area contributed by atoms with E-state index in [1.54, 1.807) is 11.1 Å². The highest BCUT2D eigenvalue weighted by atomic mass is 16.2. The third-order valence-electron chi connectivity index (χ3n) is 2.99. The van der Waals surface area contributed by atoms with E-state index < -0.39 is 0 Å². The van der Waals surface area contributed by atoms with Crippen molar-refractivity contribution < 1.29 is 9.59 Å². The molecule has 0 aliphatic heterocycles. The van der Waals surface area contributed by atoms with Gasteiger partial charge in [-0.05, 0) is 12.1 Å². The Kier molecular flexibility index (Phi) is 4.30. The van der Waals surface area contributed by atoms with Crippen LogP contribution in [0.15, 0.2) is 36.5 Å². The summed E-state index contributed by atoms with van der Waals surface area (Å²) in [6.07, 6.45) is 1.71. The fourth-order valence-corrected chi connectivity index (χ4v) is 2.10. The minimum Gasteiger partial charge on any atom is -0.355 e. The van der Waals surface area contributed by atoms with E-state index in [1.807, 2.05) is 30.3 Å². The van der Waals surface area contributed by atoms with Gasteiger partial charge in [-0.2, -0.15) is 0 Å². The minimum atomic E-state index is -0.107. The zero-order chi connectivity index (χ0) is 14.5. The van der Waals surface area contributed by atoms with Gasteiger partial charge < -0.3 is 10.2 Å². The number of fused-ring (bicyclic) bond motifs is 1. The molecule has 0 saturated heterocycles. The lowest BCUT2D eigenvalue weighted by Crippen LogP contribution is -2.37. The molecule has 2 rings (SSSR count). The van der Waals surface area contributed by atoms with E-state index in [2.05, 4.69) is 10.3 Å². The second-order valence-electron chi connectivity index (χ2n) is 4.51. The topological polar surface area (TPSA) is 62.3 Å². The number of nitrogens with one attached hydrogen (secondary N) is 1. The van der Waals surface area contributed by atoms with E-state index in [0.717, 1.165) is 16.6 Å². The number of nitrogens with zero attached hydrogens (tertiary/aromatic N) is 2. The molecule has 5 heteroatoms. The van der Waals surface area contributed by atoms with Crippen LogP contribution in [0.2, 0.25) is 0 Å². The molecule has 1 aromatic carbocycles. The highest BCUT2D eigenvalue weighted by Gasteiger charge is 2.14. The molecule has 1 aromatic heterocycles. The van der Waals surface area contributed by atoms with Gasteiger partial charge in [0, 0.05) is 38.5 Å². The molecule has 0 aliphatic carbocycles. The number of amides is 2. The van der Waals surface area contributed by atoms with Gasteiger partial charge in [0.25, 0.3) is 0 Å². The van der Waals surface area contributed by atoms with Gasteiger partial charge in [0.1, 0.15) is 0 Å². The van der Waals surface area contributed by atoms with Crippen LogP contribution in [0.3, 0.4) is 0 Å². The fourth-order valence-electron chi connectivity index (χ4n) is 2.10. The van der Waals surface area contributed by atoms with Crippen molar-refractivity contribution in [1.29, 1.82) is 0 Å². The first-order chi connectivity index (χ1) is 9.59. The van der Waals surface area contributed by atoms with Crippen molar-refractivity contribution in [2.45, 2.75) is 13.8 Å². The summed E-state index contributed by atoms with van der Waals surface area (Å²) in [6, 6.07) is 9.54. The molecule has 20 heavy (non-hydrogen) atoms. The number of anilines is 1. The summed E-state index contributed by atoms with van der Waals surface area (Å²) < 4.78 is 0. The zero-order valence-electron chi connectivity index (χ0n) is 11.6. The molecular weight excluding hydrogens is 254 g/mol. The minimum absolute atomic E-state index is 0.0755. The average Bonchev–Trinajstić information content (AvgIpc) is 2.42. The van der Waals surface area contributed by atoms with Crippen molar-refractivity contribution in [2.24, 2.45) is 0 Å². The molecular formula is C15H17N3O2. The first-order valence-electron chi connectivity index (χ1n) is 6.46.